The Morgan fingerprint density at radius 2 is 2.09 bits per heavy atom. The van der Waals surface area contributed by atoms with E-state index in [1.165, 1.54) is 23.1 Å². The van der Waals surface area contributed by atoms with E-state index in [1.807, 2.05) is 13.8 Å². The van der Waals surface area contributed by atoms with Crippen molar-refractivity contribution in [1.29, 1.82) is 0 Å². The summed E-state index contributed by atoms with van der Waals surface area (Å²) in [6.45, 7) is 6.98. The van der Waals surface area contributed by atoms with Gasteiger partial charge in [-0.2, -0.15) is 0 Å². The van der Waals surface area contributed by atoms with Crippen molar-refractivity contribution in [3.05, 3.63) is 26.6 Å². The first kappa shape index (κ1) is 16.4. The molecule has 0 amide bonds. The predicted octanol–water partition coefficient (Wildman–Crippen LogP) is 3.57. The number of hydrogen-bond donors (Lipinski definition) is 2. The Bertz CT molecular complexity index is 882. The molecule has 0 spiro atoms. The van der Waals surface area contributed by atoms with Crippen molar-refractivity contribution >= 4 is 49.8 Å². The van der Waals surface area contributed by atoms with Crippen LogP contribution in [-0.2, 0) is 5.75 Å². The van der Waals surface area contributed by atoms with E-state index in [0.717, 1.165) is 37.7 Å². The highest BCUT2D eigenvalue weighted by Crippen LogP contribution is 2.29. The van der Waals surface area contributed by atoms with Gasteiger partial charge in [0, 0.05) is 11.4 Å². The number of nitrogens with one attached hydrogen (secondary N) is 2. The minimum atomic E-state index is -0.0602. The number of anilines is 1. The fourth-order valence-corrected chi connectivity index (χ4v) is 4.77. The Kier molecular flexibility index (Phi) is 4.98. The molecular weight excluding hydrogens is 350 g/mol. The first-order valence-corrected chi connectivity index (χ1v) is 9.89. The summed E-state index contributed by atoms with van der Waals surface area (Å²) < 4.78 is 0.866. The molecular formula is C14H17N5OS3. The van der Waals surface area contributed by atoms with E-state index in [4.69, 9.17) is 0 Å². The molecule has 3 aromatic rings. The summed E-state index contributed by atoms with van der Waals surface area (Å²) in [5, 5.41) is 13.0. The van der Waals surface area contributed by atoms with E-state index in [0.29, 0.717) is 17.0 Å². The van der Waals surface area contributed by atoms with Crippen molar-refractivity contribution in [2.75, 3.05) is 11.9 Å². The van der Waals surface area contributed by atoms with Crippen molar-refractivity contribution in [3.8, 4) is 0 Å². The number of thioether (sulfide) groups is 1. The standard InChI is InChI=1S/C14H17N5OS3/c1-4-5-15-13-18-19-14(23-13)21-6-9-16-11(20)10-7(2)8(3)22-12(10)17-9/h4-6H2,1-3H3,(H,15,18)(H,16,17,20). The molecule has 0 saturated heterocycles. The number of rotatable bonds is 6. The molecule has 0 atom stereocenters. The lowest BCUT2D eigenvalue weighted by atomic mass is 10.2. The van der Waals surface area contributed by atoms with Gasteiger partial charge in [0.05, 0.1) is 11.1 Å². The molecule has 0 aliphatic rings. The number of aromatic amines is 1. The molecule has 122 valence electrons. The summed E-state index contributed by atoms with van der Waals surface area (Å²) in [4.78, 5) is 21.6. The summed E-state index contributed by atoms with van der Waals surface area (Å²) in [5.74, 6) is 1.25. The molecule has 0 radical (unpaired) electrons. The molecule has 0 aromatic carbocycles. The van der Waals surface area contributed by atoms with Crippen LogP contribution in [0, 0.1) is 13.8 Å². The topological polar surface area (TPSA) is 83.6 Å². The maximum absolute atomic E-state index is 12.2. The van der Waals surface area contributed by atoms with Crippen LogP contribution in [0.5, 0.6) is 0 Å². The number of aryl methyl sites for hydroxylation is 2. The molecule has 0 saturated carbocycles. The van der Waals surface area contributed by atoms with E-state index < -0.39 is 0 Å². The Morgan fingerprint density at radius 3 is 2.87 bits per heavy atom. The first-order chi connectivity index (χ1) is 11.1. The zero-order valence-electron chi connectivity index (χ0n) is 13.1. The van der Waals surface area contributed by atoms with Gasteiger partial charge >= 0.3 is 0 Å². The highest BCUT2D eigenvalue weighted by molar-refractivity contribution is 8.00. The van der Waals surface area contributed by atoms with Gasteiger partial charge < -0.3 is 10.3 Å². The maximum atomic E-state index is 12.2. The van der Waals surface area contributed by atoms with E-state index >= 15 is 0 Å². The van der Waals surface area contributed by atoms with E-state index in [1.54, 1.807) is 11.3 Å². The van der Waals surface area contributed by atoms with Gasteiger partial charge in [-0.15, -0.1) is 21.5 Å². The number of H-pyrrole nitrogens is 1. The second-order valence-electron chi connectivity index (χ2n) is 5.06. The van der Waals surface area contributed by atoms with Crippen LogP contribution in [0.4, 0.5) is 5.13 Å². The van der Waals surface area contributed by atoms with Crippen LogP contribution in [0.2, 0.25) is 0 Å². The van der Waals surface area contributed by atoms with Gasteiger partial charge in [0.15, 0.2) is 4.34 Å². The third-order valence-electron chi connectivity index (χ3n) is 3.35. The van der Waals surface area contributed by atoms with Gasteiger partial charge in [-0.3, -0.25) is 4.79 Å². The fourth-order valence-electron chi connectivity index (χ4n) is 2.07. The zero-order valence-corrected chi connectivity index (χ0v) is 15.5. The molecule has 0 aliphatic carbocycles. The van der Waals surface area contributed by atoms with E-state index in [-0.39, 0.29) is 5.56 Å². The minimum Gasteiger partial charge on any atom is -0.360 e. The lowest BCUT2D eigenvalue weighted by Crippen LogP contribution is -2.10. The normalized spacial score (nSPS) is 11.3. The number of aromatic nitrogens is 4. The highest BCUT2D eigenvalue weighted by Gasteiger charge is 2.12. The van der Waals surface area contributed by atoms with Gasteiger partial charge in [0.1, 0.15) is 10.7 Å². The van der Waals surface area contributed by atoms with Crippen LogP contribution in [-0.4, -0.2) is 26.7 Å². The van der Waals surface area contributed by atoms with Crippen LogP contribution < -0.4 is 10.9 Å². The van der Waals surface area contributed by atoms with Crippen LogP contribution in [0.15, 0.2) is 9.13 Å². The number of hydrogen-bond acceptors (Lipinski definition) is 8. The molecule has 3 heterocycles. The average molecular weight is 368 g/mol. The lowest BCUT2D eigenvalue weighted by Gasteiger charge is -1.99. The van der Waals surface area contributed by atoms with Gasteiger partial charge in [-0.1, -0.05) is 30.0 Å². The van der Waals surface area contributed by atoms with Gasteiger partial charge in [-0.05, 0) is 25.8 Å². The minimum absolute atomic E-state index is 0.0602. The zero-order chi connectivity index (χ0) is 16.4. The summed E-state index contributed by atoms with van der Waals surface area (Å²) in [6, 6.07) is 0. The van der Waals surface area contributed by atoms with Crippen LogP contribution in [0.1, 0.15) is 29.6 Å². The fraction of sp³-hybridized carbons (Fsp3) is 0.429. The van der Waals surface area contributed by atoms with Crippen molar-refractivity contribution in [3.63, 3.8) is 0 Å². The Balaban J connectivity index is 1.74. The van der Waals surface area contributed by atoms with Crippen LogP contribution in [0.3, 0.4) is 0 Å². The van der Waals surface area contributed by atoms with Crippen molar-refractivity contribution in [2.24, 2.45) is 0 Å². The predicted molar refractivity (Wildman–Crippen MR) is 98.0 cm³/mol. The Hall–Kier alpha value is -1.45. The molecule has 0 bridgehead atoms. The maximum Gasteiger partial charge on any atom is 0.259 e. The molecule has 3 aromatic heterocycles. The molecule has 0 unspecified atom stereocenters. The monoisotopic (exact) mass is 367 g/mol. The largest absolute Gasteiger partial charge is 0.360 e. The first-order valence-electron chi connectivity index (χ1n) is 7.27. The molecule has 9 heteroatoms. The number of fused-ring (bicyclic) bond motifs is 1. The quantitative estimate of drug-likeness (QED) is 0.648. The van der Waals surface area contributed by atoms with Crippen LogP contribution in [0.25, 0.3) is 10.2 Å². The SMILES string of the molecule is CCCNc1nnc(SCc2nc3sc(C)c(C)c3c(=O)[nH]2)s1. The summed E-state index contributed by atoms with van der Waals surface area (Å²) >= 11 is 4.62. The Labute approximate surface area is 145 Å². The lowest BCUT2D eigenvalue weighted by molar-refractivity contribution is 0.950. The molecule has 6 nitrogen and oxygen atoms in total. The van der Waals surface area contributed by atoms with Crippen molar-refractivity contribution < 1.29 is 0 Å². The highest BCUT2D eigenvalue weighted by atomic mass is 32.2. The Morgan fingerprint density at radius 1 is 1.26 bits per heavy atom. The molecule has 0 aliphatic heterocycles. The van der Waals surface area contributed by atoms with E-state index in [2.05, 4.69) is 32.4 Å². The molecule has 3 rings (SSSR count). The average Bonchev–Trinajstić information content (AvgIpc) is 3.08. The summed E-state index contributed by atoms with van der Waals surface area (Å²) in [7, 11) is 0. The van der Waals surface area contributed by atoms with Gasteiger partial charge in [-0.25, -0.2) is 4.98 Å². The summed E-state index contributed by atoms with van der Waals surface area (Å²) in [5.41, 5.74) is 0.962. The van der Waals surface area contributed by atoms with Gasteiger partial charge in [0.25, 0.3) is 5.56 Å². The third-order valence-corrected chi connectivity index (χ3v) is 6.48. The molecule has 23 heavy (non-hydrogen) atoms. The van der Waals surface area contributed by atoms with E-state index in [9.17, 15) is 4.79 Å². The second-order valence-corrected chi connectivity index (χ2v) is 8.47. The second kappa shape index (κ2) is 6.98. The molecule has 0 fully saturated rings. The van der Waals surface area contributed by atoms with Gasteiger partial charge in [0.2, 0.25) is 5.13 Å². The number of nitrogens with zero attached hydrogens (tertiary/aromatic N) is 3. The third kappa shape index (κ3) is 3.56. The smallest absolute Gasteiger partial charge is 0.259 e. The van der Waals surface area contributed by atoms with Crippen molar-refractivity contribution in [1.82, 2.24) is 20.2 Å². The summed E-state index contributed by atoms with van der Waals surface area (Å²) in [6.07, 6.45) is 1.05. The molecule has 2 N–H and O–H groups in total. The number of thiophene rings is 1. The van der Waals surface area contributed by atoms with Crippen LogP contribution >= 0.6 is 34.4 Å². The van der Waals surface area contributed by atoms with Crippen molar-refractivity contribution in [2.45, 2.75) is 37.3 Å².